The van der Waals surface area contributed by atoms with E-state index in [9.17, 15) is 0 Å². The largest absolute Gasteiger partial charge is 0.281 e. The normalized spacial score (nSPS) is 13.1. The van der Waals surface area contributed by atoms with E-state index in [0.717, 1.165) is 13.1 Å². The van der Waals surface area contributed by atoms with Crippen LogP contribution in [0.1, 0.15) is 20.8 Å². The van der Waals surface area contributed by atoms with Gasteiger partial charge < -0.3 is 0 Å². The summed E-state index contributed by atoms with van der Waals surface area (Å²) in [5.74, 6) is 0. The molecule has 3 heteroatoms. The van der Waals surface area contributed by atoms with Gasteiger partial charge in [0.1, 0.15) is 3.67 Å². The SMILES string of the molecule is CCN(C)C(C)(I)N(C)CC. The molecule has 0 saturated carbocycles. The summed E-state index contributed by atoms with van der Waals surface area (Å²) in [4.78, 5) is 4.66. The number of hydrogen-bond acceptors (Lipinski definition) is 2. The van der Waals surface area contributed by atoms with E-state index in [1.165, 1.54) is 0 Å². The van der Waals surface area contributed by atoms with Crippen molar-refractivity contribution in [3.05, 3.63) is 0 Å². The Morgan fingerprint density at radius 3 is 1.55 bits per heavy atom. The summed E-state index contributed by atoms with van der Waals surface area (Å²) in [7, 11) is 4.30. The number of halogens is 1. The molecule has 68 valence electrons. The third-order valence-corrected chi connectivity index (χ3v) is 3.99. The molecular weight excluding hydrogens is 251 g/mol. The number of nitrogens with zero attached hydrogens (tertiary/aromatic N) is 2. The van der Waals surface area contributed by atoms with Crippen LogP contribution in [0, 0.1) is 0 Å². The molecule has 11 heavy (non-hydrogen) atoms. The quantitative estimate of drug-likeness (QED) is 0.334. The Kier molecular flexibility index (Phi) is 4.89. The van der Waals surface area contributed by atoms with Gasteiger partial charge in [0.2, 0.25) is 0 Å². The van der Waals surface area contributed by atoms with Crippen molar-refractivity contribution < 1.29 is 0 Å². The Labute approximate surface area is 84.1 Å². The summed E-state index contributed by atoms with van der Waals surface area (Å²) < 4.78 is 0.154. The maximum atomic E-state index is 2.48. The lowest BCUT2D eigenvalue weighted by Gasteiger charge is -2.40. The Bertz CT molecular complexity index is 103. The van der Waals surface area contributed by atoms with Crippen molar-refractivity contribution >= 4 is 22.6 Å². The van der Waals surface area contributed by atoms with Crippen LogP contribution >= 0.6 is 22.6 Å². The number of alkyl halides is 1. The van der Waals surface area contributed by atoms with Crippen molar-refractivity contribution in [2.24, 2.45) is 0 Å². The Morgan fingerprint density at radius 2 is 1.36 bits per heavy atom. The van der Waals surface area contributed by atoms with Crippen molar-refractivity contribution in [3.63, 3.8) is 0 Å². The van der Waals surface area contributed by atoms with Crippen LogP contribution in [0.3, 0.4) is 0 Å². The fourth-order valence-corrected chi connectivity index (χ4v) is 1.55. The van der Waals surface area contributed by atoms with Crippen LogP contribution in [0.5, 0.6) is 0 Å². The standard InChI is InChI=1S/C8H19IN2/c1-6-10(4)8(3,9)11(5)7-2/h6-7H2,1-5H3. The molecule has 0 atom stereocenters. The Morgan fingerprint density at radius 1 is 1.09 bits per heavy atom. The lowest BCUT2D eigenvalue weighted by atomic mass is 10.4. The zero-order chi connectivity index (χ0) is 9.07. The van der Waals surface area contributed by atoms with E-state index in [4.69, 9.17) is 0 Å². The predicted octanol–water partition coefficient (Wildman–Crippen LogP) is 2.00. The first-order chi connectivity index (χ1) is 4.96. The highest BCUT2D eigenvalue weighted by Gasteiger charge is 2.27. The third kappa shape index (κ3) is 2.87. The fourth-order valence-electron chi connectivity index (χ4n) is 0.869. The van der Waals surface area contributed by atoms with Gasteiger partial charge in [-0.2, -0.15) is 0 Å². The molecular formula is C8H19IN2. The molecule has 2 nitrogen and oxygen atoms in total. The third-order valence-electron chi connectivity index (χ3n) is 2.34. The first-order valence-electron chi connectivity index (χ1n) is 4.08. The molecule has 0 aliphatic heterocycles. The van der Waals surface area contributed by atoms with Gasteiger partial charge in [0, 0.05) is 0 Å². The van der Waals surface area contributed by atoms with Gasteiger partial charge in [-0.15, -0.1) is 0 Å². The zero-order valence-electron chi connectivity index (χ0n) is 8.19. The molecule has 0 unspecified atom stereocenters. The predicted molar refractivity (Wildman–Crippen MR) is 59.0 cm³/mol. The Hall–Kier alpha value is 0.650. The Balaban J connectivity index is 4.18. The summed E-state index contributed by atoms with van der Waals surface area (Å²) in [6.45, 7) is 8.77. The van der Waals surface area contributed by atoms with Gasteiger partial charge in [-0.25, -0.2) is 0 Å². The number of rotatable bonds is 4. The molecule has 0 radical (unpaired) electrons. The first-order valence-corrected chi connectivity index (χ1v) is 5.16. The molecule has 0 heterocycles. The topological polar surface area (TPSA) is 6.48 Å². The van der Waals surface area contributed by atoms with Gasteiger partial charge in [-0.05, 0) is 56.7 Å². The van der Waals surface area contributed by atoms with Crippen LogP contribution in [0.2, 0.25) is 0 Å². The fraction of sp³-hybridized carbons (Fsp3) is 1.00. The van der Waals surface area contributed by atoms with Crippen LogP contribution in [0.4, 0.5) is 0 Å². The summed E-state index contributed by atoms with van der Waals surface area (Å²) >= 11 is 2.48. The average molecular weight is 270 g/mol. The molecule has 0 amide bonds. The molecule has 0 N–H and O–H groups in total. The minimum atomic E-state index is 0.154. The van der Waals surface area contributed by atoms with Crippen molar-refractivity contribution in [2.75, 3.05) is 27.2 Å². The van der Waals surface area contributed by atoms with Crippen molar-refractivity contribution in [1.29, 1.82) is 0 Å². The van der Waals surface area contributed by atoms with Crippen molar-refractivity contribution in [3.8, 4) is 0 Å². The van der Waals surface area contributed by atoms with E-state index in [0.29, 0.717) is 0 Å². The minimum absolute atomic E-state index is 0.154. The van der Waals surface area contributed by atoms with Crippen LogP contribution in [0.25, 0.3) is 0 Å². The van der Waals surface area contributed by atoms with Crippen LogP contribution in [0.15, 0.2) is 0 Å². The summed E-state index contributed by atoms with van der Waals surface area (Å²) in [6.07, 6.45) is 0. The molecule has 0 aliphatic rings. The maximum Gasteiger partial charge on any atom is 0.124 e. The second-order valence-corrected chi connectivity index (χ2v) is 4.98. The first kappa shape index (κ1) is 11.6. The summed E-state index contributed by atoms with van der Waals surface area (Å²) in [6, 6.07) is 0. The second-order valence-electron chi connectivity index (χ2n) is 2.93. The molecule has 0 saturated heterocycles. The second kappa shape index (κ2) is 4.62. The molecule has 0 rings (SSSR count). The van der Waals surface area contributed by atoms with E-state index in [1.807, 2.05) is 0 Å². The molecule has 0 aromatic carbocycles. The van der Waals surface area contributed by atoms with Crippen LogP contribution in [-0.4, -0.2) is 40.7 Å². The smallest absolute Gasteiger partial charge is 0.124 e. The highest BCUT2D eigenvalue weighted by molar-refractivity contribution is 14.1. The van der Waals surface area contributed by atoms with E-state index in [1.54, 1.807) is 0 Å². The van der Waals surface area contributed by atoms with Gasteiger partial charge in [0.15, 0.2) is 0 Å². The lowest BCUT2D eigenvalue weighted by Crippen LogP contribution is -2.50. The minimum Gasteiger partial charge on any atom is -0.281 e. The summed E-state index contributed by atoms with van der Waals surface area (Å²) in [5, 5.41) is 0. The van der Waals surface area contributed by atoms with Gasteiger partial charge in [0.05, 0.1) is 0 Å². The van der Waals surface area contributed by atoms with E-state index in [2.05, 4.69) is 67.3 Å². The van der Waals surface area contributed by atoms with Gasteiger partial charge >= 0.3 is 0 Å². The van der Waals surface area contributed by atoms with Gasteiger partial charge in [-0.3, -0.25) is 9.80 Å². The monoisotopic (exact) mass is 270 g/mol. The van der Waals surface area contributed by atoms with E-state index < -0.39 is 0 Å². The average Bonchev–Trinajstić information content (AvgIpc) is 2.01. The molecule has 0 spiro atoms. The highest BCUT2D eigenvalue weighted by Crippen LogP contribution is 2.24. The van der Waals surface area contributed by atoms with Crippen LogP contribution < -0.4 is 0 Å². The molecule has 0 aromatic rings. The van der Waals surface area contributed by atoms with E-state index >= 15 is 0 Å². The van der Waals surface area contributed by atoms with Gasteiger partial charge in [0.25, 0.3) is 0 Å². The van der Waals surface area contributed by atoms with Gasteiger partial charge in [-0.1, -0.05) is 13.8 Å². The van der Waals surface area contributed by atoms with E-state index in [-0.39, 0.29) is 3.67 Å². The molecule has 0 aromatic heterocycles. The molecule has 0 aliphatic carbocycles. The zero-order valence-corrected chi connectivity index (χ0v) is 10.3. The van der Waals surface area contributed by atoms with Crippen molar-refractivity contribution in [2.45, 2.75) is 24.4 Å². The lowest BCUT2D eigenvalue weighted by molar-refractivity contribution is 0.0915. The maximum absolute atomic E-state index is 2.48. The van der Waals surface area contributed by atoms with Crippen molar-refractivity contribution in [1.82, 2.24) is 9.80 Å². The summed E-state index contributed by atoms with van der Waals surface area (Å²) in [5.41, 5.74) is 0. The molecule has 0 fully saturated rings. The highest BCUT2D eigenvalue weighted by atomic mass is 127. The van der Waals surface area contributed by atoms with Crippen LogP contribution in [-0.2, 0) is 0 Å². The molecule has 0 bridgehead atoms. The number of hydrogen-bond donors (Lipinski definition) is 0.